The molecule has 1 aromatic heterocycles. The van der Waals surface area contributed by atoms with E-state index in [1.807, 2.05) is 6.92 Å². The molecule has 20 heavy (non-hydrogen) atoms. The highest BCUT2D eigenvalue weighted by molar-refractivity contribution is 7.89. The Morgan fingerprint density at radius 3 is 2.80 bits per heavy atom. The lowest BCUT2D eigenvalue weighted by molar-refractivity contribution is 0.0693. The molecule has 1 fully saturated rings. The number of carbonyl (C=O) groups excluding carboxylic acids is 1. The molecule has 112 valence electrons. The Morgan fingerprint density at radius 2 is 2.20 bits per heavy atom. The molecule has 1 amide bonds. The van der Waals surface area contributed by atoms with Crippen molar-refractivity contribution in [3.63, 3.8) is 0 Å². The van der Waals surface area contributed by atoms with Crippen LogP contribution in [0.4, 0.5) is 0 Å². The lowest BCUT2D eigenvalue weighted by atomic mass is 10.1. The first-order chi connectivity index (χ1) is 9.44. The molecule has 2 rings (SSSR count). The van der Waals surface area contributed by atoms with Gasteiger partial charge in [-0.05, 0) is 38.9 Å². The fraction of sp³-hybridized carbons (Fsp3) is 0.583. The Hall–Kier alpha value is -1.38. The van der Waals surface area contributed by atoms with Crippen LogP contribution in [0.25, 0.3) is 0 Å². The third-order valence-electron chi connectivity index (χ3n) is 3.22. The van der Waals surface area contributed by atoms with Crippen LogP contribution in [-0.4, -0.2) is 40.1 Å². The predicted octanol–water partition coefficient (Wildman–Crippen LogP) is 0.485. The second-order valence-electron chi connectivity index (χ2n) is 4.64. The maximum atomic E-state index is 12.0. The van der Waals surface area contributed by atoms with Crippen molar-refractivity contribution in [2.45, 2.75) is 37.0 Å². The van der Waals surface area contributed by atoms with Gasteiger partial charge in [0.05, 0.1) is 12.1 Å². The van der Waals surface area contributed by atoms with Crippen molar-refractivity contribution in [1.29, 1.82) is 0 Å². The first-order valence-corrected chi connectivity index (χ1v) is 7.88. The van der Waals surface area contributed by atoms with E-state index in [2.05, 4.69) is 10.0 Å². The largest absolute Gasteiger partial charge is 0.438 e. The van der Waals surface area contributed by atoms with Gasteiger partial charge in [0, 0.05) is 6.61 Å². The van der Waals surface area contributed by atoms with Gasteiger partial charge in [-0.1, -0.05) is 0 Å². The Labute approximate surface area is 117 Å². The summed E-state index contributed by atoms with van der Waals surface area (Å²) in [5, 5.41) is 2.47. The van der Waals surface area contributed by atoms with Crippen molar-refractivity contribution in [2.75, 3.05) is 13.7 Å². The summed E-state index contributed by atoms with van der Waals surface area (Å²) in [4.78, 5) is 12.0. The number of hydrogen-bond acceptors (Lipinski definition) is 5. The quantitative estimate of drug-likeness (QED) is 0.824. The predicted molar refractivity (Wildman–Crippen MR) is 70.9 cm³/mol. The molecule has 8 heteroatoms. The van der Waals surface area contributed by atoms with Crippen LogP contribution in [0, 0.1) is 0 Å². The smallest absolute Gasteiger partial charge is 0.287 e. The van der Waals surface area contributed by atoms with Gasteiger partial charge in [0.2, 0.25) is 5.09 Å². The summed E-state index contributed by atoms with van der Waals surface area (Å²) < 4.78 is 35.7. The Kier molecular flexibility index (Phi) is 4.46. The molecular weight excluding hydrogens is 284 g/mol. The molecule has 0 saturated carbocycles. The van der Waals surface area contributed by atoms with Crippen LogP contribution in [0.1, 0.15) is 30.3 Å². The van der Waals surface area contributed by atoms with E-state index in [0.717, 1.165) is 12.8 Å². The molecule has 1 aliphatic rings. The van der Waals surface area contributed by atoms with E-state index in [0.29, 0.717) is 6.61 Å². The van der Waals surface area contributed by atoms with Crippen molar-refractivity contribution in [3.8, 4) is 0 Å². The highest BCUT2D eigenvalue weighted by Gasteiger charge is 2.26. The van der Waals surface area contributed by atoms with Gasteiger partial charge in [0.25, 0.3) is 15.9 Å². The molecule has 0 bridgehead atoms. The van der Waals surface area contributed by atoms with Gasteiger partial charge in [0.15, 0.2) is 5.76 Å². The molecule has 0 unspecified atom stereocenters. The molecule has 0 spiro atoms. The number of furan rings is 1. The van der Waals surface area contributed by atoms with Crippen molar-refractivity contribution in [3.05, 3.63) is 17.9 Å². The molecular formula is C12H18N2O5S. The molecule has 2 N–H and O–H groups in total. The molecule has 1 saturated heterocycles. The van der Waals surface area contributed by atoms with Gasteiger partial charge in [-0.2, -0.15) is 0 Å². The van der Waals surface area contributed by atoms with E-state index in [1.165, 1.54) is 19.2 Å². The van der Waals surface area contributed by atoms with Crippen molar-refractivity contribution >= 4 is 15.9 Å². The summed E-state index contributed by atoms with van der Waals surface area (Å²) in [6.45, 7) is 2.55. The summed E-state index contributed by atoms with van der Waals surface area (Å²) in [6, 6.07) is 2.43. The molecule has 0 radical (unpaired) electrons. The lowest BCUT2D eigenvalue weighted by Crippen LogP contribution is -2.40. The molecule has 1 aliphatic heterocycles. The van der Waals surface area contributed by atoms with E-state index in [1.54, 1.807) is 0 Å². The minimum atomic E-state index is -3.68. The van der Waals surface area contributed by atoms with E-state index < -0.39 is 15.9 Å². The maximum absolute atomic E-state index is 12.0. The fourth-order valence-electron chi connectivity index (χ4n) is 2.05. The number of sulfonamides is 1. The van der Waals surface area contributed by atoms with Gasteiger partial charge in [-0.25, -0.2) is 13.1 Å². The molecule has 2 heterocycles. The van der Waals surface area contributed by atoms with Gasteiger partial charge in [0.1, 0.15) is 0 Å². The first kappa shape index (κ1) is 15.0. The second-order valence-corrected chi connectivity index (χ2v) is 6.46. The van der Waals surface area contributed by atoms with Crippen molar-refractivity contribution in [2.24, 2.45) is 0 Å². The van der Waals surface area contributed by atoms with Crippen molar-refractivity contribution < 1.29 is 22.4 Å². The summed E-state index contributed by atoms with van der Waals surface area (Å²) in [6.07, 6.45) is 1.88. The number of hydrogen-bond donors (Lipinski definition) is 2. The number of ether oxygens (including phenoxy) is 1. The summed E-state index contributed by atoms with van der Waals surface area (Å²) >= 11 is 0. The zero-order chi connectivity index (χ0) is 14.8. The lowest BCUT2D eigenvalue weighted by Gasteiger charge is -2.19. The van der Waals surface area contributed by atoms with Crippen molar-refractivity contribution in [1.82, 2.24) is 10.0 Å². The Morgan fingerprint density at radius 1 is 1.45 bits per heavy atom. The third-order valence-corrected chi connectivity index (χ3v) is 4.51. The van der Waals surface area contributed by atoms with Gasteiger partial charge in [-0.15, -0.1) is 0 Å². The number of amides is 1. The normalized spacial score (nSPS) is 20.8. The van der Waals surface area contributed by atoms with E-state index in [9.17, 15) is 13.2 Å². The molecule has 7 nitrogen and oxygen atoms in total. The topological polar surface area (TPSA) is 97.6 Å². The zero-order valence-electron chi connectivity index (χ0n) is 11.4. The van der Waals surface area contributed by atoms with E-state index in [4.69, 9.17) is 9.15 Å². The van der Waals surface area contributed by atoms with Crippen LogP contribution >= 0.6 is 0 Å². The number of carbonyl (C=O) groups is 1. The molecule has 0 aliphatic carbocycles. The number of rotatable bonds is 5. The van der Waals surface area contributed by atoms with E-state index >= 15 is 0 Å². The maximum Gasteiger partial charge on any atom is 0.287 e. The average molecular weight is 302 g/mol. The van der Waals surface area contributed by atoms with Crippen LogP contribution in [0.5, 0.6) is 0 Å². The van der Waals surface area contributed by atoms with E-state index in [-0.39, 0.29) is 23.0 Å². The van der Waals surface area contributed by atoms with Gasteiger partial charge in [-0.3, -0.25) is 4.79 Å². The third kappa shape index (κ3) is 3.20. The first-order valence-electron chi connectivity index (χ1n) is 6.40. The van der Waals surface area contributed by atoms with Gasteiger partial charge >= 0.3 is 0 Å². The van der Waals surface area contributed by atoms with Gasteiger partial charge < -0.3 is 14.5 Å². The minimum Gasteiger partial charge on any atom is -0.438 e. The summed E-state index contributed by atoms with van der Waals surface area (Å²) in [5.41, 5.74) is 0. The summed E-state index contributed by atoms with van der Waals surface area (Å²) in [7, 11) is -2.40. The molecule has 2 atom stereocenters. The monoisotopic (exact) mass is 302 g/mol. The molecule has 1 aromatic rings. The zero-order valence-corrected chi connectivity index (χ0v) is 12.2. The van der Waals surface area contributed by atoms with Crippen LogP contribution in [0.2, 0.25) is 0 Å². The number of nitrogens with one attached hydrogen (secondary N) is 2. The average Bonchev–Trinajstić information content (AvgIpc) is 3.10. The standard InChI is InChI=1S/C12H18N2O5S/c1-8(9-4-3-7-18-9)14-12(15)10-5-6-11(19-10)20(16,17)13-2/h5-6,8-9,13H,3-4,7H2,1-2H3,(H,14,15)/t8-,9+/m0/s1. The Bertz CT molecular complexity index is 574. The minimum absolute atomic E-state index is 0.00516. The van der Waals surface area contributed by atoms with Crippen LogP contribution in [-0.2, 0) is 14.8 Å². The fourth-order valence-corrected chi connectivity index (χ4v) is 2.70. The van der Waals surface area contributed by atoms with Crippen LogP contribution < -0.4 is 10.0 Å². The highest BCUT2D eigenvalue weighted by Crippen LogP contribution is 2.17. The SMILES string of the molecule is CNS(=O)(=O)c1ccc(C(=O)N[C@@H](C)[C@H]2CCCO2)o1. The Balaban J connectivity index is 2.03. The highest BCUT2D eigenvalue weighted by atomic mass is 32.2. The van der Waals surface area contributed by atoms with Crippen LogP contribution in [0.3, 0.4) is 0 Å². The molecule has 0 aromatic carbocycles. The summed E-state index contributed by atoms with van der Waals surface area (Å²) in [5.74, 6) is -0.491. The second kappa shape index (κ2) is 5.94. The van der Waals surface area contributed by atoms with Crippen LogP contribution in [0.15, 0.2) is 21.6 Å².